The largest absolute Gasteiger partial charge is 0.295 e. The summed E-state index contributed by atoms with van der Waals surface area (Å²) >= 11 is 0. The smallest absolute Gasteiger partial charge is 0.140 e. The van der Waals surface area contributed by atoms with Crippen molar-refractivity contribution >= 4 is 45.2 Å². The van der Waals surface area contributed by atoms with E-state index in [0.717, 1.165) is 56.6 Å². The Bertz CT molecular complexity index is 3780. The average molecular weight is 859 g/mol. The fraction of sp³-hybridized carbons (Fsp3) is 0.111. The highest BCUT2D eigenvalue weighted by Gasteiger charge is 2.63. The van der Waals surface area contributed by atoms with Crippen LogP contribution in [0.1, 0.15) is 68.1 Å². The normalized spacial score (nSPS) is 17.1. The van der Waals surface area contributed by atoms with Gasteiger partial charge in [0.15, 0.2) is 0 Å². The van der Waals surface area contributed by atoms with E-state index in [1.165, 1.54) is 83.1 Å². The van der Waals surface area contributed by atoms with E-state index in [0.29, 0.717) is 0 Å². The lowest BCUT2D eigenvalue weighted by molar-refractivity contribution is 0.623. The van der Waals surface area contributed by atoms with E-state index in [4.69, 9.17) is 9.97 Å². The van der Waals surface area contributed by atoms with Crippen LogP contribution >= 0.6 is 0 Å². The third-order valence-corrected chi connectivity index (χ3v) is 15.5. The predicted octanol–water partition coefficient (Wildman–Crippen LogP) is 15.8. The SMILES string of the molecule is Cc1cnc(N(c2ccccc2)c2ccc3c(c2)C2(C)c4cccc5c4C4(c6ccccc6-5)c5c(c(N(c6ccccc6)c6ncc(C)cc6C)cc-3c52)-c2ccc3ccccc3c24)c(C)c1. The Morgan fingerprint density at radius 2 is 1.00 bits per heavy atom. The van der Waals surface area contributed by atoms with Crippen LogP contribution in [0.25, 0.3) is 44.2 Å². The van der Waals surface area contributed by atoms with Gasteiger partial charge in [0.1, 0.15) is 11.6 Å². The molecule has 1 spiro atoms. The summed E-state index contributed by atoms with van der Waals surface area (Å²) in [6, 6.07) is 66.1. The molecular formula is C63H46N4. The lowest BCUT2D eigenvalue weighted by atomic mass is 9.56. The van der Waals surface area contributed by atoms with Crippen molar-refractivity contribution in [2.75, 3.05) is 9.80 Å². The minimum Gasteiger partial charge on any atom is -0.295 e. The summed E-state index contributed by atoms with van der Waals surface area (Å²) in [7, 11) is 0. The van der Waals surface area contributed by atoms with Gasteiger partial charge < -0.3 is 0 Å². The first-order valence-corrected chi connectivity index (χ1v) is 23.5. The Morgan fingerprint density at radius 3 is 1.73 bits per heavy atom. The monoisotopic (exact) mass is 858 g/mol. The van der Waals surface area contributed by atoms with Crippen molar-refractivity contribution in [2.45, 2.75) is 45.4 Å². The molecule has 4 heteroatoms. The van der Waals surface area contributed by atoms with E-state index >= 15 is 0 Å². The maximum atomic E-state index is 5.30. The molecule has 14 rings (SSSR count). The van der Waals surface area contributed by atoms with Crippen molar-refractivity contribution in [1.29, 1.82) is 0 Å². The van der Waals surface area contributed by atoms with Crippen LogP contribution in [0.5, 0.6) is 0 Å². The van der Waals surface area contributed by atoms with Crippen LogP contribution in [0, 0.1) is 27.7 Å². The third kappa shape index (κ3) is 4.82. The van der Waals surface area contributed by atoms with Crippen molar-refractivity contribution in [3.63, 3.8) is 0 Å². The zero-order valence-electron chi connectivity index (χ0n) is 38.2. The van der Waals surface area contributed by atoms with E-state index in [1.807, 2.05) is 12.4 Å². The standard InChI is InChI=1S/C63H46N4/c1-37-31-39(3)60(64-35-37)66(42-18-8-6-9-19-42)44-28-30-47-50-34-54(67(43-20-10-7-11-21-43)61-40(4)32-38(2)36-65-61)55-49-29-27-41-17-12-13-22-45(41)56(49)63-51-25-15-14-23-46(51)48-24-16-26-52(57(48)63)62(5,53(47)33-44)58(50)59(55)63/h6-36H,1-5H3. The van der Waals surface area contributed by atoms with Gasteiger partial charge in [-0.25, -0.2) is 9.97 Å². The maximum Gasteiger partial charge on any atom is 0.140 e. The molecule has 0 saturated heterocycles. The Labute approximate surface area is 391 Å². The minimum atomic E-state index is -0.574. The number of benzene rings is 8. The average Bonchev–Trinajstić information content (AvgIpc) is 3.93. The summed E-state index contributed by atoms with van der Waals surface area (Å²) in [5, 5.41) is 2.55. The zero-order chi connectivity index (χ0) is 44.9. The van der Waals surface area contributed by atoms with Crippen LogP contribution in [-0.2, 0) is 10.8 Å². The van der Waals surface area contributed by atoms with Gasteiger partial charge in [-0.2, -0.15) is 0 Å². The molecule has 10 aromatic rings. The van der Waals surface area contributed by atoms with Crippen LogP contribution in [-0.4, -0.2) is 9.97 Å². The second kappa shape index (κ2) is 13.5. The van der Waals surface area contributed by atoms with Crippen molar-refractivity contribution in [3.8, 4) is 33.4 Å². The molecule has 0 N–H and O–H groups in total. The van der Waals surface area contributed by atoms with Gasteiger partial charge in [0.2, 0.25) is 0 Å². The molecular weight excluding hydrogens is 813 g/mol. The predicted molar refractivity (Wildman–Crippen MR) is 275 cm³/mol. The maximum absolute atomic E-state index is 5.30. The molecule has 2 atom stereocenters. The van der Waals surface area contributed by atoms with Gasteiger partial charge in [-0.05, 0) is 177 Å². The Morgan fingerprint density at radius 1 is 0.403 bits per heavy atom. The number of anilines is 6. The molecule has 4 aliphatic carbocycles. The van der Waals surface area contributed by atoms with Crippen LogP contribution in [0.3, 0.4) is 0 Å². The lowest BCUT2D eigenvalue weighted by Crippen LogP contribution is -2.40. The summed E-state index contributed by atoms with van der Waals surface area (Å²) in [4.78, 5) is 15.2. The van der Waals surface area contributed by atoms with Crippen molar-refractivity contribution in [1.82, 2.24) is 9.97 Å². The molecule has 0 fully saturated rings. The molecule has 0 bridgehead atoms. The van der Waals surface area contributed by atoms with Gasteiger partial charge in [-0.15, -0.1) is 0 Å². The number of aromatic nitrogens is 2. The van der Waals surface area contributed by atoms with Gasteiger partial charge in [0.25, 0.3) is 0 Å². The van der Waals surface area contributed by atoms with E-state index in [-0.39, 0.29) is 0 Å². The first kappa shape index (κ1) is 38.2. The molecule has 0 aliphatic heterocycles. The zero-order valence-corrected chi connectivity index (χ0v) is 38.2. The minimum absolute atomic E-state index is 0.508. The second-order valence-electron chi connectivity index (χ2n) is 19.3. The lowest BCUT2D eigenvalue weighted by Gasteiger charge is -2.45. The van der Waals surface area contributed by atoms with Gasteiger partial charge in [-0.1, -0.05) is 133 Å². The molecule has 4 aliphatic rings. The van der Waals surface area contributed by atoms with Crippen molar-refractivity contribution < 1.29 is 0 Å². The molecule has 67 heavy (non-hydrogen) atoms. The van der Waals surface area contributed by atoms with Crippen molar-refractivity contribution in [2.24, 2.45) is 0 Å². The molecule has 2 unspecified atom stereocenters. The molecule has 2 aromatic heterocycles. The number of hydrogen-bond donors (Lipinski definition) is 0. The highest BCUT2D eigenvalue weighted by Crippen LogP contribution is 2.75. The Balaban J connectivity index is 1.17. The molecule has 0 radical (unpaired) electrons. The number of hydrogen-bond acceptors (Lipinski definition) is 4. The summed E-state index contributed by atoms with van der Waals surface area (Å²) in [6.07, 6.45) is 4.01. The molecule has 318 valence electrons. The van der Waals surface area contributed by atoms with Gasteiger partial charge >= 0.3 is 0 Å². The molecule has 4 nitrogen and oxygen atoms in total. The summed E-state index contributed by atoms with van der Waals surface area (Å²) in [5.41, 5.74) is 25.2. The molecule has 2 heterocycles. The second-order valence-corrected chi connectivity index (χ2v) is 19.3. The number of fused-ring (bicyclic) bond motifs is 10. The van der Waals surface area contributed by atoms with E-state index in [9.17, 15) is 0 Å². The van der Waals surface area contributed by atoms with E-state index in [2.05, 4.69) is 220 Å². The molecule has 0 amide bonds. The number of aryl methyl sites for hydroxylation is 4. The fourth-order valence-corrected chi connectivity index (χ4v) is 13.1. The van der Waals surface area contributed by atoms with Crippen LogP contribution < -0.4 is 9.80 Å². The van der Waals surface area contributed by atoms with Gasteiger partial charge in [0.05, 0.1) is 11.1 Å². The highest BCUT2D eigenvalue weighted by molar-refractivity contribution is 6.12. The number of rotatable bonds is 6. The molecule has 8 aromatic carbocycles. The third-order valence-electron chi connectivity index (χ3n) is 15.5. The first-order chi connectivity index (χ1) is 32.8. The van der Waals surface area contributed by atoms with Crippen LogP contribution in [0.15, 0.2) is 188 Å². The molecule has 0 saturated carbocycles. The summed E-state index contributed by atoms with van der Waals surface area (Å²) in [5.74, 6) is 1.86. The number of nitrogens with zero attached hydrogens (tertiary/aromatic N) is 4. The van der Waals surface area contributed by atoms with E-state index in [1.54, 1.807) is 0 Å². The highest BCUT2D eigenvalue weighted by atomic mass is 15.2. The number of para-hydroxylation sites is 2. The van der Waals surface area contributed by atoms with Gasteiger partial charge in [0, 0.05) is 40.4 Å². The Hall–Kier alpha value is -8.08. The quantitative estimate of drug-likeness (QED) is 0.167. The Kier molecular flexibility index (Phi) is 7.70. The van der Waals surface area contributed by atoms with Crippen molar-refractivity contribution in [3.05, 3.63) is 250 Å². The van der Waals surface area contributed by atoms with E-state index < -0.39 is 10.8 Å². The summed E-state index contributed by atoms with van der Waals surface area (Å²) < 4.78 is 0. The van der Waals surface area contributed by atoms with Gasteiger partial charge in [-0.3, -0.25) is 9.80 Å². The topological polar surface area (TPSA) is 32.3 Å². The fourth-order valence-electron chi connectivity index (χ4n) is 13.1. The van der Waals surface area contributed by atoms with Crippen LogP contribution in [0.4, 0.5) is 34.4 Å². The van der Waals surface area contributed by atoms with Crippen LogP contribution in [0.2, 0.25) is 0 Å². The number of pyridine rings is 2. The summed E-state index contributed by atoms with van der Waals surface area (Å²) in [6.45, 7) is 11.2. The first-order valence-electron chi connectivity index (χ1n) is 23.5.